The molecule has 2 aromatic rings. The molecule has 2 aromatic carbocycles. The lowest BCUT2D eigenvalue weighted by atomic mass is 10.0. The van der Waals surface area contributed by atoms with E-state index in [4.69, 9.17) is 14.2 Å². The number of hydrazone groups is 1. The van der Waals surface area contributed by atoms with Crippen molar-refractivity contribution in [3.05, 3.63) is 53.1 Å². The van der Waals surface area contributed by atoms with Gasteiger partial charge in [0.15, 0.2) is 11.5 Å². The molecule has 0 fully saturated rings. The van der Waals surface area contributed by atoms with Gasteiger partial charge in [0.1, 0.15) is 11.8 Å². The van der Waals surface area contributed by atoms with E-state index in [1.807, 2.05) is 39.0 Å². The zero-order valence-corrected chi connectivity index (χ0v) is 17.4. The van der Waals surface area contributed by atoms with Gasteiger partial charge in [-0.25, -0.2) is 5.43 Å². The number of hydrogen-bond acceptors (Lipinski definition) is 6. The largest absolute Gasteiger partial charge is 0.497 e. The van der Waals surface area contributed by atoms with Crippen LogP contribution >= 0.6 is 0 Å². The van der Waals surface area contributed by atoms with Crippen LogP contribution in [0.3, 0.4) is 0 Å². The fraction of sp³-hybridized carbons (Fsp3) is 0.318. The van der Waals surface area contributed by atoms with Crippen LogP contribution in [0.1, 0.15) is 35.3 Å². The molecule has 8 nitrogen and oxygen atoms in total. The number of hydrogen-bond donors (Lipinski definition) is 2. The molecule has 1 atom stereocenters. The molecule has 0 saturated carbocycles. The molecule has 1 unspecified atom stereocenters. The summed E-state index contributed by atoms with van der Waals surface area (Å²) in [4.78, 5) is 25.2. The Kier molecular flexibility index (Phi) is 6.56. The number of amides is 2. The number of fused-ring (bicyclic) bond motifs is 1. The highest BCUT2D eigenvalue weighted by atomic mass is 16.7. The fourth-order valence-corrected chi connectivity index (χ4v) is 2.95. The van der Waals surface area contributed by atoms with Crippen LogP contribution in [0.15, 0.2) is 41.5 Å². The van der Waals surface area contributed by atoms with Crippen molar-refractivity contribution in [2.24, 2.45) is 11.0 Å². The van der Waals surface area contributed by atoms with Crippen molar-refractivity contribution in [1.29, 1.82) is 0 Å². The summed E-state index contributed by atoms with van der Waals surface area (Å²) in [5, 5.41) is 6.80. The van der Waals surface area contributed by atoms with Crippen LogP contribution in [0.2, 0.25) is 0 Å². The summed E-state index contributed by atoms with van der Waals surface area (Å²) >= 11 is 0. The van der Waals surface area contributed by atoms with E-state index in [-0.39, 0.29) is 18.6 Å². The number of carbonyl (C=O) groups excluding carboxylic acids is 2. The highest BCUT2D eigenvalue weighted by molar-refractivity contribution is 5.98. The number of ether oxygens (including phenoxy) is 3. The molecule has 0 aromatic heterocycles. The molecule has 158 valence electrons. The van der Waals surface area contributed by atoms with Crippen molar-refractivity contribution >= 4 is 18.0 Å². The van der Waals surface area contributed by atoms with Crippen molar-refractivity contribution in [3.8, 4) is 17.2 Å². The van der Waals surface area contributed by atoms with Crippen LogP contribution in [0.25, 0.3) is 0 Å². The van der Waals surface area contributed by atoms with E-state index >= 15 is 0 Å². The Hall–Kier alpha value is -3.55. The van der Waals surface area contributed by atoms with Crippen LogP contribution in [-0.4, -0.2) is 38.0 Å². The van der Waals surface area contributed by atoms with Gasteiger partial charge in [0.05, 0.1) is 13.3 Å². The summed E-state index contributed by atoms with van der Waals surface area (Å²) in [6.45, 7) is 5.75. The third kappa shape index (κ3) is 4.89. The fourth-order valence-electron chi connectivity index (χ4n) is 2.95. The monoisotopic (exact) mass is 411 g/mol. The maximum absolute atomic E-state index is 12.6. The Morgan fingerprint density at radius 3 is 2.60 bits per heavy atom. The van der Waals surface area contributed by atoms with Crippen LogP contribution in [0, 0.1) is 12.8 Å². The van der Waals surface area contributed by atoms with Gasteiger partial charge in [0.25, 0.3) is 11.8 Å². The summed E-state index contributed by atoms with van der Waals surface area (Å²) in [7, 11) is 1.60. The predicted molar refractivity (Wildman–Crippen MR) is 112 cm³/mol. The van der Waals surface area contributed by atoms with Crippen molar-refractivity contribution in [2.75, 3.05) is 13.9 Å². The SMILES string of the molecule is COc1ccc(/C=N/NC(=O)C(NC(=O)c2ccc3c(c2)OCO3)C(C)C)c(C)c1. The standard InChI is InChI=1S/C22H25N3O5/c1-13(2)20(24-21(26)15-6-8-18-19(10-15)30-12-29-18)22(27)25-23-11-16-5-7-17(28-4)9-14(16)3/h5-11,13,20H,12H2,1-4H3,(H,24,26)(H,25,27)/b23-11+. The molecule has 0 spiro atoms. The Morgan fingerprint density at radius 1 is 1.13 bits per heavy atom. The van der Waals surface area contributed by atoms with Gasteiger partial charge in [-0.2, -0.15) is 5.10 Å². The second-order valence-electron chi connectivity index (χ2n) is 7.22. The Balaban J connectivity index is 1.64. The molecule has 30 heavy (non-hydrogen) atoms. The second kappa shape index (κ2) is 9.30. The van der Waals surface area contributed by atoms with E-state index in [2.05, 4.69) is 15.8 Å². The first-order valence-corrected chi connectivity index (χ1v) is 9.57. The van der Waals surface area contributed by atoms with Crippen LogP contribution in [0.4, 0.5) is 0 Å². The molecule has 0 aliphatic carbocycles. The number of benzene rings is 2. The molecular weight excluding hydrogens is 386 g/mol. The van der Waals surface area contributed by atoms with E-state index in [1.165, 1.54) is 0 Å². The Labute approximate surface area is 175 Å². The summed E-state index contributed by atoms with van der Waals surface area (Å²) in [6, 6.07) is 9.69. The van der Waals surface area contributed by atoms with Gasteiger partial charge in [0.2, 0.25) is 6.79 Å². The lowest BCUT2D eigenvalue weighted by molar-refractivity contribution is -0.123. The lowest BCUT2D eigenvalue weighted by Crippen LogP contribution is -2.48. The molecule has 2 amide bonds. The molecule has 1 aliphatic heterocycles. The molecule has 0 saturated heterocycles. The first-order valence-electron chi connectivity index (χ1n) is 9.57. The van der Waals surface area contributed by atoms with Gasteiger partial charge in [-0.15, -0.1) is 0 Å². The van der Waals surface area contributed by atoms with E-state index < -0.39 is 11.9 Å². The van der Waals surface area contributed by atoms with Crippen LogP contribution < -0.4 is 25.0 Å². The number of carbonyl (C=O) groups is 2. The molecule has 2 N–H and O–H groups in total. The van der Waals surface area contributed by atoms with Gasteiger partial charge in [0, 0.05) is 5.56 Å². The van der Waals surface area contributed by atoms with Crippen LogP contribution in [-0.2, 0) is 4.79 Å². The van der Waals surface area contributed by atoms with E-state index in [9.17, 15) is 9.59 Å². The molecule has 3 rings (SSSR count). The average Bonchev–Trinajstić information content (AvgIpc) is 3.20. The first kappa shape index (κ1) is 21.2. The normalized spacial score (nSPS) is 13.4. The van der Waals surface area contributed by atoms with Crippen LogP contribution in [0.5, 0.6) is 17.2 Å². The minimum atomic E-state index is -0.753. The summed E-state index contributed by atoms with van der Waals surface area (Å²) in [5.74, 6) is 0.930. The summed E-state index contributed by atoms with van der Waals surface area (Å²) < 4.78 is 15.7. The number of aryl methyl sites for hydroxylation is 1. The number of methoxy groups -OCH3 is 1. The van der Waals surface area contributed by atoms with E-state index in [0.717, 1.165) is 16.9 Å². The van der Waals surface area contributed by atoms with Crippen molar-refractivity contribution in [3.63, 3.8) is 0 Å². The van der Waals surface area contributed by atoms with Crippen molar-refractivity contribution in [1.82, 2.24) is 10.7 Å². The maximum atomic E-state index is 12.6. The van der Waals surface area contributed by atoms with Gasteiger partial charge in [-0.3, -0.25) is 9.59 Å². The second-order valence-corrected chi connectivity index (χ2v) is 7.22. The van der Waals surface area contributed by atoms with E-state index in [0.29, 0.717) is 17.1 Å². The topological polar surface area (TPSA) is 98.2 Å². The molecule has 8 heteroatoms. The quantitative estimate of drug-likeness (QED) is 0.539. The number of rotatable bonds is 7. The van der Waals surface area contributed by atoms with Gasteiger partial charge < -0.3 is 19.5 Å². The zero-order valence-electron chi connectivity index (χ0n) is 17.4. The molecule has 0 radical (unpaired) electrons. The van der Waals surface area contributed by atoms with Crippen molar-refractivity contribution in [2.45, 2.75) is 26.8 Å². The number of nitrogens with zero attached hydrogens (tertiary/aromatic N) is 1. The number of nitrogens with one attached hydrogen (secondary N) is 2. The van der Waals surface area contributed by atoms with E-state index in [1.54, 1.807) is 31.5 Å². The highest BCUT2D eigenvalue weighted by Gasteiger charge is 2.25. The summed E-state index contributed by atoms with van der Waals surface area (Å²) in [5.41, 5.74) is 4.70. The third-order valence-corrected chi connectivity index (χ3v) is 4.73. The highest BCUT2D eigenvalue weighted by Crippen LogP contribution is 2.32. The van der Waals surface area contributed by atoms with Gasteiger partial charge in [-0.05, 0) is 60.4 Å². The first-order chi connectivity index (χ1) is 14.4. The maximum Gasteiger partial charge on any atom is 0.262 e. The van der Waals surface area contributed by atoms with Crippen molar-refractivity contribution < 1.29 is 23.8 Å². The molecule has 1 aliphatic rings. The minimum absolute atomic E-state index is 0.128. The van der Waals surface area contributed by atoms with Gasteiger partial charge >= 0.3 is 0 Å². The molecular formula is C22H25N3O5. The Morgan fingerprint density at radius 2 is 1.90 bits per heavy atom. The lowest BCUT2D eigenvalue weighted by Gasteiger charge is -2.20. The third-order valence-electron chi connectivity index (χ3n) is 4.73. The zero-order chi connectivity index (χ0) is 21.7. The summed E-state index contributed by atoms with van der Waals surface area (Å²) in [6.07, 6.45) is 1.56. The smallest absolute Gasteiger partial charge is 0.262 e. The molecule has 0 bridgehead atoms. The minimum Gasteiger partial charge on any atom is -0.497 e. The molecule has 1 heterocycles. The average molecular weight is 411 g/mol. The van der Waals surface area contributed by atoms with Gasteiger partial charge in [-0.1, -0.05) is 13.8 Å². The Bertz CT molecular complexity index is 971. The predicted octanol–water partition coefficient (Wildman–Crippen LogP) is 2.64.